The molecule has 2 heterocycles. The summed E-state index contributed by atoms with van der Waals surface area (Å²) >= 11 is 6.19. The number of aryl methyl sites for hydroxylation is 3. The van der Waals surface area contributed by atoms with Gasteiger partial charge in [0.05, 0.1) is 5.69 Å². The summed E-state index contributed by atoms with van der Waals surface area (Å²) in [6, 6.07) is 5.93. The molecule has 0 aliphatic carbocycles. The normalized spacial score (nSPS) is 13.6. The summed E-state index contributed by atoms with van der Waals surface area (Å²) < 4.78 is 7.37. The fourth-order valence-corrected chi connectivity index (χ4v) is 2.86. The molecule has 2 unspecified atom stereocenters. The first kappa shape index (κ1) is 19.2. The predicted octanol–water partition coefficient (Wildman–Crippen LogP) is 3.32. The molecular weight excluding hydrogens is 366 g/mol. The number of hydrogen-bond donors (Lipinski definition) is 2. The van der Waals surface area contributed by atoms with E-state index in [1.54, 1.807) is 11.6 Å². The number of amides is 1. The van der Waals surface area contributed by atoms with Crippen molar-refractivity contribution in [3.63, 3.8) is 0 Å². The number of rotatable bonds is 6. The van der Waals surface area contributed by atoms with Crippen LogP contribution in [0.5, 0.6) is 5.75 Å². The average Bonchev–Trinajstić information content (AvgIpc) is 3.15. The lowest BCUT2D eigenvalue weighted by Crippen LogP contribution is -2.38. The van der Waals surface area contributed by atoms with Gasteiger partial charge in [0.1, 0.15) is 10.8 Å². The second kappa shape index (κ2) is 7.60. The summed E-state index contributed by atoms with van der Waals surface area (Å²) in [6.07, 6.45) is -0.598. The van der Waals surface area contributed by atoms with Crippen LogP contribution in [0, 0.1) is 20.8 Å². The summed E-state index contributed by atoms with van der Waals surface area (Å²) in [7, 11) is 0. The van der Waals surface area contributed by atoms with E-state index in [1.165, 1.54) is 0 Å². The van der Waals surface area contributed by atoms with Crippen LogP contribution in [0.4, 0.5) is 0 Å². The molecule has 2 N–H and O–H groups in total. The monoisotopic (exact) mass is 389 g/mol. The highest BCUT2D eigenvalue weighted by molar-refractivity contribution is 6.34. The van der Waals surface area contributed by atoms with Crippen molar-refractivity contribution in [2.45, 2.75) is 46.6 Å². The first-order valence-electron chi connectivity index (χ1n) is 8.88. The van der Waals surface area contributed by atoms with Crippen LogP contribution in [-0.4, -0.2) is 38.4 Å². The molecule has 0 fully saturated rings. The Morgan fingerprint density at radius 2 is 2.07 bits per heavy atom. The van der Waals surface area contributed by atoms with E-state index in [-0.39, 0.29) is 11.8 Å². The highest BCUT2D eigenvalue weighted by Gasteiger charge is 2.20. The largest absolute Gasteiger partial charge is 0.481 e. The molecule has 3 rings (SSSR count). The van der Waals surface area contributed by atoms with Gasteiger partial charge in [0.25, 0.3) is 5.91 Å². The molecule has 2 atom stereocenters. The number of carbonyl (C=O) groups is 1. The van der Waals surface area contributed by atoms with E-state index in [1.807, 2.05) is 45.9 Å². The number of aromatic nitrogens is 4. The summed E-state index contributed by atoms with van der Waals surface area (Å²) in [5.74, 6) is 1.10. The van der Waals surface area contributed by atoms with Crippen molar-refractivity contribution in [1.82, 2.24) is 25.1 Å². The summed E-state index contributed by atoms with van der Waals surface area (Å²) in [5.41, 5.74) is 3.50. The fourth-order valence-electron chi connectivity index (χ4n) is 2.70. The number of ether oxygens (including phenoxy) is 1. The van der Waals surface area contributed by atoms with Gasteiger partial charge in [-0.15, -0.1) is 5.10 Å². The van der Waals surface area contributed by atoms with Crippen molar-refractivity contribution >= 4 is 23.2 Å². The van der Waals surface area contributed by atoms with Crippen molar-refractivity contribution < 1.29 is 9.53 Å². The lowest BCUT2D eigenvalue weighted by molar-refractivity contribution is -0.127. The van der Waals surface area contributed by atoms with Crippen molar-refractivity contribution in [1.29, 1.82) is 0 Å². The Kier molecular flexibility index (Phi) is 5.41. The quantitative estimate of drug-likeness (QED) is 0.677. The minimum absolute atomic E-state index is 0.0634. The second-order valence-electron chi connectivity index (χ2n) is 6.93. The third-order valence-corrected chi connectivity index (χ3v) is 4.92. The highest BCUT2D eigenvalue weighted by atomic mass is 35.5. The van der Waals surface area contributed by atoms with Gasteiger partial charge in [0.15, 0.2) is 17.6 Å². The molecule has 27 heavy (non-hydrogen) atoms. The molecule has 8 heteroatoms. The zero-order valence-electron chi connectivity index (χ0n) is 16.1. The van der Waals surface area contributed by atoms with E-state index in [0.29, 0.717) is 23.0 Å². The molecule has 7 nitrogen and oxygen atoms in total. The van der Waals surface area contributed by atoms with Gasteiger partial charge in [-0.1, -0.05) is 30.7 Å². The van der Waals surface area contributed by atoms with Crippen molar-refractivity contribution in [2.24, 2.45) is 0 Å². The van der Waals surface area contributed by atoms with Crippen LogP contribution >= 0.6 is 11.6 Å². The molecule has 0 saturated heterocycles. The van der Waals surface area contributed by atoms with Gasteiger partial charge in [-0.3, -0.25) is 9.89 Å². The summed E-state index contributed by atoms with van der Waals surface area (Å²) in [5, 5.41) is 10.9. The number of hydrogen-bond acceptors (Lipinski definition) is 4. The van der Waals surface area contributed by atoms with E-state index in [4.69, 9.17) is 16.3 Å². The maximum absolute atomic E-state index is 12.4. The number of aromatic amines is 1. The first-order chi connectivity index (χ1) is 12.8. The molecule has 0 aliphatic rings. The molecular formula is C19H24ClN5O2. The minimum atomic E-state index is -0.598. The van der Waals surface area contributed by atoms with Gasteiger partial charge in [0, 0.05) is 12.5 Å². The lowest BCUT2D eigenvalue weighted by atomic mass is 10.1. The minimum Gasteiger partial charge on any atom is -0.481 e. The molecule has 144 valence electrons. The van der Waals surface area contributed by atoms with Crippen LogP contribution < -0.4 is 10.1 Å². The van der Waals surface area contributed by atoms with Crippen LogP contribution in [0.3, 0.4) is 0 Å². The van der Waals surface area contributed by atoms with Gasteiger partial charge < -0.3 is 10.1 Å². The maximum Gasteiger partial charge on any atom is 0.260 e. The van der Waals surface area contributed by atoms with Crippen LogP contribution in [0.1, 0.15) is 42.4 Å². The molecule has 2 aromatic heterocycles. The predicted molar refractivity (Wildman–Crippen MR) is 105 cm³/mol. The molecule has 0 radical (unpaired) electrons. The zero-order valence-corrected chi connectivity index (χ0v) is 16.9. The zero-order chi connectivity index (χ0) is 19.7. The first-order valence-corrected chi connectivity index (χ1v) is 9.26. The van der Waals surface area contributed by atoms with Gasteiger partial charge in [-0.05, 0) is 44.9 Å². The summed E-state index contributed by atoms with van der Waals surface area (Å²) in [4.78, 5) is 16.8. The SMILES string of the molecule is Cc1ccc(C)c(OC(C)C(=O)NCC(C)c2nc3c(Cl)c(C)[nH]n3n2)c1. The Hall–Kier alpha value is -2.54. The van der Waals surface area contributed by atoms with Crippen LogP contribution in [-0.2, 0) is 4.79 Å². The average molecular weight is 390 g/mol. The number of benzene rings is 1. The smallest absolute Gasteiger partial charge is 0.260 e. The Morgan fingerprint density at radius 1 is 1.33 bits per heavy atom. The molecule has 0 saturated carbocycles. The van der Waals surface area contributed by atoms with Crippen LogP contribution in [0.25, 0.3) is 5.65 Å². The van der Waals surface area contributed by atoms with Crippen molar-refractivity contribution in [3.05, 3.63) is 45.9 Å². The third-order valence-electron chi connectivity index (χ3n) is 4.46. The van der Waals surface area contributed by atoms with E-state index < -0.39 is 6.10 Å². The second-order valence-corrected chi connectivity index (χ2v) is 7.31. The number of halogens is 1. The molecule has 3 aromatic rings. The standard InChI is InChI=1S/C19H24ClN5O2/c1-10-6-7-11(2)15(8-10)27-14(5)19(26)21-9-12(3)17-22-18-16(20)13(4)23-25(18)24-17/h6-8,12,14,23H,9H2,1-5H3,(H,21,26). The lowest BCUT2D eigenvalue weighted by Gasteiger charge is -2.17. The van der Waals surface area contributed by atoms with Crippen molar-refractivity contribution in [3.8, 4) is 5.75 Å². The number of H-pyrrole nitrogens is 1. The molecule has 0 bridgehead atoms. The maximum atomic E-state index is 12.4. The number of carbonyl (C=O) groups excluding carboxylic acids is 1. The Morgan fingerprint density at radius 3 is 2.78 bits per heavy atom. The Bertz CT molecular complexity index is 978. The molecule has 1 aromatic carbocycles. The van der Waals surface area contributed by atoms with Gasteiger partial charge in [-0.25, -0.2) is 4.98 Å². The van der Waals surface area contributed by atoms with Crippen LogP contribution in [0.15, 0.2) is 18.2 Å². The van der Waals surface area contributed by atoms with Crippen LogP contribution in [0.2, 0.25) is 5.02 Å². The Balaban J connectivity index is 1.59. The van der Waals surface area contributed by atoms with Gasteiger partial charge in [-0.2, -0.15) is 4.63 Å². The number of nitrogens with one attached hydrogen (secondary N) is 2. The number of fused-ring (bicyclic) bond motifs is 1. The van der Waals surface area contributed by atoms with E-state index in [2.05, 4.69) is 20.5 Å². The molecule has 0 spiro atoms. The molecule has 0 aliphatic heterocycles. The van der Waals surface area contributed by atoms with Gasteiger partial charge >= 0.3 is 0 Å². The third kappa shape index (κ3) is 4.08. The van der Waals surface area contributed by atoms with E-state index >= 15 is 0 Å². The van der Waals surface area contributed by atoms with Gasteiger partial charge in [0.2, 0.25) is 0 Å². The topological polar surface area (TPSA) is 84.3 Å². The fraction of sp³-hybridized carbons (Fsp3) is 0.421. The van der Waals surface area contributed by atoms with E-state index in [0.717, 1.165) is 22.6 Å². The van der Waals surface area contributed by atoms with E-state index in [9.17, 15) is 4.79 Å². The molecule has 1 amide bonds. The number of nitrogens with zero attached hydrogens (tertiary/aromatic N) is 3. The highest BCUT2D eigenvalue weighted by Crippen LogP contribution is 2.22. The van der Waals surface area contributed by atoms with Crippen molar-refractivity contribution in [2.75, 3.05) is 6.54 Å². The Labute approximate surface area is 163 Å². The summed E-state index contributed by atoms with van der Waals surface area (Å²) in [6.45, 7) is 9.91.